The summed E-state index contributed by atoms with van der Waals surface area (Å²) in [5.41, 5.74) is 1.16. The van der Waals surface area contributed by atoms with Crippen molar-refractivity contribution in [3.05, 3.63) is 48.6 Å². The van der Waals surface area contributed by atoms with Crippen LogP contribution in [-0.4, -0.2) is 98.5 Å². The van der Waals surface area contributed by atoms with E-state index in [-0.39, 0.29) is 6.61 Å². The third-order valence-electron chi connectivity index (χ3n) is 3.98. The lowest BCUT2D eigenvalue weighted by Crippen LogP contribution is -2.15. The highest BCUT2D eigenvalue weighted by atomic mass is 16.6. The molecule has 0 aliphatic rings. The number of ether oxygens (including phenoxy) is 8. The first-order valence-corrected chi connectivity index (χ1v) is 11.2. The van der Waals surface area contributed by atoms with Crippen molar-refractivity contribution >= 4 is 5.97 Å². The zero-order chi connectivity index (χ0) is 23.7. The predicted octanol–water partition coefficient (Wildman–Crippen LogP) is 2.03. The van der Waals surface area contributed by atoms with Crippen molar-refractivity contribution in [1.82, 2.24) is 0 Å². The number of esters is 1. The molecule has 0 amide bonds. The topological polar surface area (TPSA) is 90.9 Å². The molecule has 1 aromatic carbocycles. The number of hydrogen-bond acceptors (Lipinski definition) is 9. The van der Waals surface area contributed by atoms with E-state index < -0.39 is 5.97 Å². The third-order valence-corrected chi connectivity index (χ3v) is 3.98. The van der Waals surface area contributed by atoms with Crippen molar-refractivity contribution in [2.24, 2.45) is 0 Å². The molecule has 0 atom stereocenters. The summed E-state index contributed by atoms with van der Waals surface area (Å²) in [7, 11) is 0. The summed E-state index contributed by atoms with van der Waals surface area (Å²) >= 11 is 0. The van der Waals surface area contributed by atoms with Gasteiger partial charge in [-0.15, -0.1) is 0 Å². The molecule has 0 N–H and O–H groups in total. The second-order valence-corrected chi connectivity index (χ2v) is 6.58. The molecule has 0 bridgehead atoms. The number of rotatable bonds is 24. The van der Waals surface area contributed by atoms with E-state index in [9.17, 15) is 4.79 Å². The summed E-state index contributed by atoms with van der Waals surface area (Å²) in [6.07, 6.45) is 1.12. The molecule has 0 radical (unpaired) electrons. The molecule has 0 fully saturated rings. The molecule has 0 aliphatic carbocycles. The molecule has 0 unspecified atom stereocenters. The first-order valence-electron chi connectivity index (χ1n) is 11.2. The summed E-state index contributed by atoms with van der Waals surface area (Å²) < 4.78 is 42.7. The summed E-state index contributed by atoms with van der Waals surface area (Å²) in [6, 6.07) is 10.0. The van der Waals surface area contributed by atoms with Gasteiger partial charge >= 0.3 is 5.97 Å². The molecule has 0 heterocycles. The van der Waals surface area contributed by atoms with Crippen molar-refractivity contribution in [1.29, 1.82) is 0 Å². The quantitative estimate of drug-likeness (QED) is 0.128. The summed E-state index contributed by atoms with van der Waals surface area (Å²) in [4.78, 5) is 10.8. The Morgan fingerprint density at radius 2 is 0.939 bits per heavy atom. The van der Waals surface area contributed by atoms with Gasteiger partial charge in [-0.2, -0.15) is 0 Å². The average Bonchev–Trinajstić information content (AvgIpc) is 2.85. The van der Waals surface area contributed by atoms with E-state index in [1.807, 2.05) is 30.3 Å². The van der Waals surface area contributed by atoms with Gasteiger partial charge in [-0.3, -0.25) is 0 Å². The van der Waals surface area contributed by atoms with E-state index in [2.05, 4.69) is 6.58 Å². The Bertz CT molecular complexity index is 568. The van der Waals surface area contributed by atoms with Crippen molar-refractivity contribution < 1.29 is 42.7 Å². The SMILES string of the molecule is C=CC(=O)OCCOCCOCCOCCOCCOCCOCCOCc1ccccc1. The summed E-state index contributed by atoms with van der Waals surface area (Å²) in [5.74, 6) is -0.453. The first kappa shape index (κ1) is 29.2. The molecular weight excluding hydrogens is 432 g/mol. The second kappa shape index (κ2) is 23.3. The maximum atomic E-state index is 10.8. The van der Waals surface area contributed by atoms with Gasteiger partial charge in [0.15, 0.2) is 0 Å². The molecule has 1 aromatic rings. The maximum Gasteiger partial charge on any atom is 0.330 e. The zero-order valence-corrected chi connectivity index (χ0v) is 19.5. The van der Waals surface area contributed by atoms with Gasteiger partial charge in [-0.25, -0.2) is 4.79 Å². The highest BCUT2D eigenvalue weighted by molar-refractivity contribution is 5.81. The highest BCUT2D eigenvalue weighted by Gasteiger charge is 1.97. The van der Waals surface area contributed by atoms with Crippen LogP contribution in [0.25, 0.3) is 0 Å². The van der Waals surface area contributed by atoms with Crippen LogP contribution in [-0.2, 0) is 49.3 Å². The van der Waals surface area contributed by atoms with Crippen LogP contribution in [0, 0.1) is 0 Å². The minimum atomic E-state index is -0.453. The average molecular weight is 471 g/mol. The Morgan fingerprint density at radius 3 is 1.33 bits per heavy atom. The standard InChI is InChI=1S/C24H38O9/c1-2-24(25)33-21-20-31-17-16-29-13-12-27-9-8-26-10-11-28-14-15-30-18-19-32-22-23-6-4-3-5-7-23/h2-7H,1,8-22H2. The van der Waals surface area contributed by atoms with Crippen LogP contribution in [0.2, 0.25) is 0 Å². The molecule has 0 saturated carbocycles. The van der Waals surface area contributed by atoms with E-state index >= 15 is 0 Å². The number of hydrogen-bond donors (Lipinski definition) is 0. The monoisotopic (exact) mass is 470 g/mol. The molecule has 9 nitrogen and oxygen atoms in total. The Hall–Kier alpha value is -1.85. The molecule has 9 heteroatoms. The van der Waals surface area contributed by atoms with Gasteiger partial charge in [0.2, 0.25) is 0 Å². The van der Waals surface area contributed by atoms with Crippen molar-refractivity contribution in [2.75, 3.05) is 92.5 Å². The van der Waals surface area contributed by atoms with E-state index in [1.54, 1.807) is 0 Å². The van der Waals surface area contributed by atoms with Crippen LogP contribution in [0.1, 0.15) is 5.56 Å². The number of carbonyl (C=O) groups is 1. The van der Waals surface area contributed by atoms with Gasteiger partial charge in [0.1, 0.15) is 6.61 Å². The van der Waals surface area contributed by atoms with Gasteiger partial charge in [-0.05, 0) is 5.56 Å². The second-order valence-electron chi connectivity index (χ2n) is 6.58. The fourth-order valence-corrected chi connectivity index (χ4v) is 2.34. The molecule has 0 aromatic heterocycles. The fraction of sp³-hybridized carbons (Fsp3) is 0.625. The van der Waals surface area contributed by atoms with Crippen LogP contribution in [0.4, 0.5) is 0 Å². The Kier molecular flexibility index (Phi) is 20.6. The molecular formula is C24H38O9. The van der Waals surface area contributed by atoms with Crippen molar-refractivity contribution in [3.8, 4) is 0 Å². The Balaban J connectivity index is 1.66. The molecule has 1 rings (SSSR count). The lowest BCUT2D eigenvalue weighted by Gasteiger charge is -2.08. The van der Waals surface area contributed by atoms with Crippen LogP contribution in [0.5, 0.6) is 0 Å². The molecule has 0 spiro atoms. The van der Waals surface area contributed by atoms with Gasteiger partial charge in [-0.1, -0.05) is 36.9 Å². The Morgan fingerprint density at radius 1 is 0.576 bits per heavy atom. The largest absolute Gasteiger partial charge is 0.460 e. The highest BCUT2D eigenvalue weighted by Crippen LogP contribution is 1.99. The fourth-order valence-electron chi connectivity index (χ4n) is 2.34. The van der Waals surface area contributed by atoms with Gasteiger partial charge in [0, 0.05) is 6.08 Å². The molecule has 33 heavy (non-hydrogen) atoms. The smallest absolute Gasteiger partial charge is 0.330 e. The minimum absolute atomic E-state index is 0.206. The van der Waals surface area contributed by atoms with Crippen molar-refractivity contribution in [2.45, 2.75) is 6.61 Å². The number of carbonyl (C=O) groups excluding carboxylic acids is 1. The maximum absolute atomic E-state index is 10.8. The third kappa shape index (κ3) is 20.5. The van der Waals surface area contributed by atoms with Crippen LogP contribution in [0.15, 0.2) is 43.0 Å². The minimum Gasteiger partial charge on any atom is -0.460 e. The summed E-state index contributed by atoms with van der Waals surface area (Å²) in [6.45, 7) is 10.5. The van der Waals surface area contributed by atoms with Crippen LogP contribution < -0.4 is 0 Å². The molecule has 188 valence electrons. The normalized spacial score (nSPS) is 10.9. The van der Waals surface area contributed by atoms with E-state index in [1.165, 1.54) is 0 Å². The van der Waals surface area contributed by atoms with Crippen LogP contribution in [0.3, 0.4) is 0 Å². The molecule has 0 saturated heterocycles. The van der Waals surface area contributed by atoms with E-state index in [0.29, 0.717) is 92.5 Å². The van der Waals surface area contributed by atoms with Crippen LogP contribution >= 0.6 is 0 Å². The van der Waals surface area contributed by atoms with Gasteiger partial charge in [0.25, 0.3) is 0 Å². The summed E-state index contributed by atoms with van der Waals surface area (Å²) in [5, 5.41) is 0. The van der Waals surface area contributed by atoms with Gasteiger partial charge in [0.05, 0.1) is 92.5 Å². The lowest BCUT2D eigenvalue weighted by molar-refractivity contribution is -0.139. The molecule has 0 aliphatic heterocycles. The number of benzene rings is 1. The van der Waals surface area contributed by atoms with Crippen molar-refractivity contribution in [3.63, 3.8) is 0 Å². The van der Waals surface area contributed by atoms with E-state index in [0.717, 1.165) is 11.6 Å². The lowest BCUT2D eigenvalue weighted by atomic mass is 10.2. The Labute approximate surface area is 196 Å². The predicted molar refractivity (Wildman–Crippen MR) is 122 cm³/mol. The van der Waals surface area contributed by atoms with Gasteiger partial charge < -0.3 is 37.9 Å². The van der Waals surface area contributed by atoms with E-state index in [4.69, 9.17) is 37.9 Å². The zero-order valence-electron chi connectivity index (χ0n) is 19.5. The first-order chi connectivity index (χ1) is 16.3.